The fraction of sp³-hybridized carbons (Fsp3) is 0.273. The van der Waals surface area contributed by atoms with E-state index >= 15 is 0 Å². The zero-order valence-electron chi connectivity index (χ0n) is 8.26. The predicted octanol–water partition coefficient (Wildman–Crippen LogP) is 2.83. The molecular formula is C11H8BrFN2O. The summed E-state index contributed by atoms with van der Waals surface area (Å²) in [5.74, 6) is -0.790. The average molecular weight is 283 g/mol. The lowest BCUT2D eigenvalue weighted by Gasteiger charge is -2.09. The van der Waals surface area contributed by atoms with E-state index in [4.69, 9.17) is 5.26 Å². The highest BCUT2D eigenvalue weighted by molar-refractivity contribution is 9.10. The Morgan fingerprint density at radius 1 is 1.56 bits per heavy atom. The number of carbonyl (C=O) groups excluding carboxylic acids is 1. The van der Waals surface area contributed by atoms with Gasteiger partial charge >= 0.3 is 0 Å². The third-order valence-electron chi connectivity index (χ3n) is 2.58. The van der Waals surface area contributed by atoms with Crippen LogP contribution in [0.25, 0.3) is 0 Å². The van der Waals surface area contributed by atoms with Crippen molar-refractivity contribution in [1.29, 1.82) is 5.26 Å². The van der Waals surface area contributed by atoms with Crippen LogP contribution in [0.3, 0.4) is 0 Å². The van der Waals surface area contributed by atoms with Crippen LogP contribution in [0.15, 0.2) is 22.7 Å². The second-order valence-electron chi connectivity index (χ2n) is 3.77. The molecule has 0 heterocycles. The average Bonchev–Trinajstić information content (AvgIpc) is 3.04. The molecule has 82 valence electrons. The van der Waals surface area contributed by atoms with Crippen molar-refractivity contribution in [2.75, 3.05) is 5.32 Å². The van der Waals surface area contributed by atoms with Crippen LogP contribution in [0, 0.1) is 22.6 Å². The Bertz CT molecular complexity index is 491. The Kier molecular flexibility index (Phi) is 2.68. The van der Waals surface area contributed by atoms with Crippen LogP contribution in [0.5, 0.6) is 0 Å². The molecular weight excluding hydrogens is 275 g/mol. The monoisotopic (exact) mass is 282 g/mol. The van der Waals surface area contributed by atoms with Gasteiger partial charge in [-0.05, 0) is 47.0 Å². The molecule has 1 fully saturated rings. The van der Waals surface area contributed by atoms with Crippen molar-refractivity contribution in [2.45, 2.75) is 12.8 Å². The van der Waals surface area contributed by atoms with Gasteiger partial charge < -0.3 is 5.32 Å². The second-order valence-corrected chi connectivity index (χ2v) is 4.63. The highest BCUT2D eigenvalue weighted by Gasteiger charge is 2.50. The summed E-state index contributed by atoms with van der Waals surface area (Å²) in [5.41, 5.74) is -0.544. The summed E-state index contributed by atoms with van der Waals surface area (Å²) in [4.78, 5) is 11.7. The van der Waals surface area contributed by atoms with Crippen LogP contribution in [0.4, 0.5) is 10.1 Å². The van der Waals surface area contributed by atoms with Gasteiger partial charge in [0.2, 0.25) is 5.91 Å². The van der Waals surface area contributed by atoms with Gasteiger partial charge in [-0.1, -0.05) is 0 Å². The molecule has 0 spiro atoms. The summed E-state index contributed by atoms with van der Waals surface area (Å²) in [7, 11) is 0. The van der Waals surface area contributed by atoms with E-state index in [0.29, 0.717) is 23.0 Å². The standard InChI is InChI=1S/C11H8BrFN2O/c12-8-2-1-7(13)5-9(8)15-10(16)11(6-14)3-4-11/h1-2,5H,3-4H2,(H,15,16). The number of nitriles is 1. The van der Waals surface area contributed by atoms with Gasteiger partial charge in [0.05, 0.1) is 11.8 Å². The Balaban J connectivity index is 2.19. The number of anilines is 1. The topological polar surface area (TPSA) is 52.9 Å². The van der Waals surface area contributed by atoms with E-state index in [0.717, 1.165) is 0 Å². The van der Waals surface area contributed by atoms with Crippen LogP contribution in [-0.2, 0) is 4.79 Å². The molecule has 1 N–H and O–H groups in total. The summed E-state index contributed by atoms with van der Waals surface area (Å²) in [5, 5.41) is 11.4. The van der Waals surface area contributed by atoms with Gasteiger partial charge in [-0.3, -0.25) is 4.79 Å². The predicted molar refractivity (Wildman–Crippen MR) is 60.0 cm³/mol. The molecule has 3 nitrogen and oxygen atoms in total. The van der Waals surface area contributed by atoms with Gasteiger partial charge in [-0.25, -0.2) is 4.39 Å². The summed E-state index contributed by atoms with van der Waals surface area (Å²) in [6, 6.07) is 6.00. The Morgan fingerprint density at radius 3 is 2.81 bits per heavy atom. The molecule has 1 amide bonds. The zero-order chi connectivity index (χ0) is 11.8. The number of benzene rings is 1. The van der Waals surface area contributed by atoms with Crippen molar-refractivity contribution in [3.8, 4) is 6.07 Å². The number of rotatable bonds is 2. The number of nitrogens with one attached hydrogen (secondary N) is 1. The van der Waals surface area contributed by atoms with E-state index in [1.165, 1.54) is 18.2 Å². The summed E-state index contributed by atoms with van der Waals surface area (Å²) >= 11 is 3.20. The minimum atomic E-state index is -0.897. The van der Waals surface area contributed by atoms with Crippen molar-refractivity contribution in [2.24, 2.45) is 5.41 Å². The molecule has 1 aliphatic rings. The van der Waals surface area contributed by atoms with E-state index in [1.807, 2.05) is 6.07 Å². The van der Waals surface area contributed by atoms with Crippen LogP contribution in [0.2, 0.25) is 0 Å². The second kappa shape index (κ2) is 3.87. The van der Waals surface area contributed by atoms with Gasteiger partial charge in [-0.2, -0.15) is 5.26 Å². The molecule has 16 heavy (non-hydrogen) atoms. The maximum atomic E-state index is 13.0. The summed E-state index contributed by atoms with van der Waals surface area (Å²) in [6.07, 6.45) is 1.14. The molecule has 0 bridgehead atoms. The van der Waals surface area contributed by atoms with E-state index < -0.39 is 11.2 Å². The van der Waals surface area contributed by atoms with Crippen molar-refractivity contribution in [3.05, 3.63) is 28.5 Å². The molecule has 0 aromatic heterocycles. The molecule has 1 saturated carbocycles. The minimum absolute atomic E-state index is 0.353. The quantitative estimate of drug-likeness (QED) is 0.907. The van der Waals surface area contributed by atoms with Gasteiger partial charge in [0.1, 0.15) is 11.2 Å². The molecule has 1 aromatic rings. The lowest BCUT2D eigenvalue weighted by molar-refractivity contribution is -0.119. The Hall–Kier alpha value is -1.41. The fourth-order valence-electron chi connectivity index (χ4n) is 1.35. The van der Waals surface area contributed by atoms with E-state index in [9.17, 15) is 9.18 Å². The number of halogens is 2. The lowest BCUT2D eigenvalue weighted by atomic mass is 10.1. The first kappa shape index (κ1) is 11.1. The Labute approximate surface area is 100 Å². The lowest BCUT2D eigenvalue weighted by Crippen LogP contribution is -2.22. The summed E-state index contributed by atoms with van der Waals surface area (Å²) in [6.45, 7) is 0. The molecule has 5 heteroatoms. The minimum Gasteiger partial charge on any atom is -0.324 e. The van der Waals surface area contributed by atoms with Crippen LogP contribution >= 0.6 is 15.9 Å². The highest BCUT2D eigenvalue weighted by atomic mass is 79.9. The molecule has 0 atom stereocenters. The van der Waals surface area contributed by atoms with Gasteiger partial charge in [-0.15, -0.1) is 0 Å². The van der Waals surface area contributed by atoms with Crippen LogP contribution in [0.1, 0.15) is 12.8 Å². The van der Waals surface area contributed by atoms with Crippen molar-refractivity contribution >= 4 is 27.5 Å². The van der Waals surface area contributed by atoms with E-state index in [1.54, 1.807) is 0 Å². The third kappa shape index (κ3) is 1.93. The highest BCUT2D eigenvalue weighted by Crippen LogP contribution is 2.46. The smallest absolute Gasteiger partial charge is 0.244 e. The molecule has 1 aliphatic carbocycles. The number of hydrogen-bond donors (Lipinski definition) is 1. The van der Waals surface area contributed by atoms with Crippen LogP contribution in [-0.4, -0.2) is 5.91 Å². The number of hydrogen-bond acceptors (Lipinski definition) is 2. The molecule has 1 aromatic carbocycles. The summed E-state index contributed by atoms with van der Waals surface area (Å²) < 4.78 is 13.5. The molecule has 0 aliphatic heterocycles. The van der Waals surface area contributed by atoms with Crippen LogP contribution < -0.4 is 5.32 Å². The number of amides is 1. The molecule has 2 rings (SSSR count). The molecule has 0 radical (unpaired) electrons. The first-order valence-electron chi connectivity index (χ1n) is 4.75. The third-order valence-corrected chi connectivity index (χ3v) is 3.27. The van der Waals surface area contributed by atoms with Crippen molar-refractivity contribution < 1.29 is 9.18 Å². The van der Waals surface area contributed by atoms with Gasteiger partial charge in [0.25, 0.3) is 0 Å². The maximum Gasteiger partial charge on any atom is 0.244 e. The molecule has 0 saturated heterocycles. The molecule has 0 unspecified atom stereocenters. The van der Waals surface area contributed by atoms with E-state index in [2.05, 4.69) is 21.2 Å². The van der Waals surface area contributed by atoms with E-state index in [-0.39, 0.29) is 5.91 Å². The first-order chi connectivity index (χ1) is 7.57. The largest absolute Gasteiger partial charge is 0.324 e. The zero-order valence-corrected chi connectivity index (χ0v) is 9.84. The fourth-order valence-corrected chi connectivity index (χ4v) is 1.70. The van der Waals surface area contributed by atoms with Gasteiger partial charge in [0.15, 0.2) is 0 Å². The first-order valence-corrected chi connectivity index (χ1v) is 5.54. The Morgan fingerprint density at radius 2 is 2.25 bits per heavy atom. The van der Waals surface area contributed by atoms with Gasteiger partial charge in [0, 0.05) is 4.47 Å². The normalized spacial score (nSPS) is 16.3. The maximum absolute atomic E-state index is 13.0. The number of nitrogens with zero attached hydrogens (tertiary/aromatic N) is 1. The number of carbonyl (C=O) groups is 1. The SMILES string of the molecule is N#CC1(C(=O)Nc2cc(F)ccc2Br)CC1. The van der Waals surface area contributed by atoms with Crippen molar-refractivity contribution in [1.82, 2.24) is 0 Å². The van der Waals surface area contributed by atoms with Crippen molar-refractivity contribution in [3.63, 3.8) is 0 Å².